The lowest BCUT2D eigenvalue weighted by atomic mass is 10.1. The first-order valence-corrected chi connectivity index (χ1v) is 6.09. The second-order valence-corrected chi connectivity index (χ2v) is 4.77. The maximum atomic E-state index is 3.98. The van der Waals surface area contributed by atoms with Gasteiger partial charge in [-0.25, -0.2) is 0 Å². The first-order chi connectivity index (χ1) is 6.97. The number of nitrogens with one attached hydrogen (secondary N) is 1. The highest BCUT2D eigenvalue weighted by Gasteiger charge is 2.11. The van der Waals surface area contributed by atoms with Crippen LogP contribution in [0.5, 0.6) is 0 Å². The third-order valence-electron chi connectivity index (χ3n) is 2.62. The summed E-state index contributed by atoms with van der Waals surface area (Å²) in [5.41, 5.74) is 1.25. The number of hydrogen-bond acceptors (Lipinski definition) is 2. The Kier molecular flexibility index (Phi) is 7.71. The van der Waals surface area contributed by atoms with Gasteiger partial charge < -0.3 is 5.32 Å². The van der Waals surface area contributed by atoms with Crippen molar-refractivity contribution in [3.05, 3.63) is 12.2 Å². The van der Waals surface area contributed by atoms with E-state index >= 15 is 0 Å². The van der Waals surface area contributed by atoms with Gasteiger partial charge in [-0.3, -0.25) is 4.90 Å². The van der Waals surface area contributed by atoms with Crippen molar-refractivity contribution >= 4 is 0 Å². The first-order valence-electron chi connectivity index (χ1n) is 6.09. The predicted octanol–water partition coefficient (Wildman–Crippen LogP) is 2.66. The molecule has 2 nitrogen and oxygen atoms in total. The summed E-state index contributed by atoms with van der Waals surface area (Å²) in [6, 6.07) is 1.23. The van der Waals surface area contributed by atoms with Crippen LogP contribution >= 0.6 is 0 Å². The second-order valence-electron chi connectivity index (χ2n) is 4.77. The molecule has 0 aromatic heterocycles. The van der Waals surface area contributed by atoms with E-state index in [0.29, 0.717) is 12.1 Å². The molecule has 0 heterocycles. The van der Waals surface area contributed by atoms with Gasteiger partial charge in [0.05, 0.1) is 0 Å². The minimum atomic E-state index is 0.591. The Labute approximate surface area is 95.7 Å². The molecule has 0 spiro atoms. The van der Waals surface area contributed by atoms with Crippen LogP contribution in [0.15, 0.2) is 12.2 Å². The van der Waals surface area contributed by atoms with E-state index in [4.69, 9.17) is 0 Å². The van der Waals surface area contributed by atoms with Gasteiger partial charge in [-0.1, -0.05) is 32.9 Å². The summed E-state index contributed by atoms with van der Waals surface area (Å²) in [6.07, 6.45) is 1.21. The van der Waals surface area contributed by atoms with Gasteiger partial charge >= 0.3 is 0 Å². The van der Waals surface area contributed by atoms with Crippen LogP contribution in [-0.2, 0) is 0 Å². The summed E-state index contributed by atoms with van der Waals surface area (Å²) in [4.78, 5) is 2.48. The fourth-order valence-electron chi connectivity index (χ4n) is 1.69. The maximum Gasteiger partial charge on any atom is 0.0190 e. The molecule has 1 atom stereocenters. The summed E-state index contributed by atoms with van der Waals surface area (Å²) < 4.78 is 0. The molecular weight excluding hydrogens is 184 g/mol. The van der Waals surface area contributed by atoms with Gasteiger partial charge in [-0.15, -0.1) is 0 Å². The molecule has 1 N–H and O–H groups in total. The Hall–Kier alpha value is -0.340. The zero-order chi connectivity index (χ0) is 11.8. The molecule has 0 aliphatic carbocycles. The van der Waals surface area contributed by atoms with Gasteiger partial charge in [-0.05, 0) is 33.4 Å². The van der Waals surface area contributed by atoms with Gasteiger partial charge in [0.25, 0.3) is 0 Å². The van der Waals surface area contributed by atoms with Gasteiger partial charge in [-0.2, -0.15) is 0 Å². The summed E-state index contributed by atoms with van der Waals surface area (Å²) in [5, 5.41) is 3.46. The molecule has 0 saturated carbocycles. The number of hydrogen-bond donors (Lipinski definition) is 1. The average Bonchev–Trinajstić information content (AvgIpc) is 2.13. The number of likely N-dealkylation sites (N-methyl/N-ethyl adjacent to an activating group) is 1. The van der Waals surface area contributed by atoms with Crippen molar-refractivity contribution in [1.29, 1.82) is 0 Å². The van der Waals surface area contributed by atoms with Gasteiger partial charge in [0, 0.05) is 18.6 Å². The molecule has 0 rings (SSSR count). The largest absolute Gasteiger partial charge is 0.314 e. The molecule has 0 radical (unpaired) electrons. The molecule has 0 amide bonds. The third kappa shape index (κ3) is 7.57. The molecule has 0 saturated heterocycles. The smallest absolute Gasteiger partial charge is 0.0190 e. The van der Waals surface area contributed by atoms with Crippen LogP contribution in [0.25, 0.3) is 0 Å². The molecule has 15 heavy (non-hydrogen) atoms. The van der Waals surface area contributed by atoms with Crippen LogP contribution in [0.1, 0.15) is 41.0 Å². The van der Waals surface area contributed by atoms with Crippen molar-refractivity contribution in [2.24, 2.45) is 0 Å². The van der Waals surface area contributed by atoms with Crippen LogP contribution in [0.2, 0.25) is 0 Å². The van der Waals surface area contributed by atoms with E-state index in [1.54, 1.807) is 0 Å². The molecule has 0 aromatic rings. The predicted molar refractivity (Wildman–Crippen MR) is 69.3 cm³/mol. The van der Waals surface area contributed by atoms with E-state index in [1.165, 1.54) is 12.0 Å². The van der Waals surface area contributed by atoms with Gasteiger partial charge in [0.2, 0.25) is 0 Å². The quantitative estimate of drug-likeness (QED) is 0.622. The zero-order valence-electron chi connectivity index (χ0n) is 11.1. The Morgan fingerprint density at radius 1 is 1.33 bits per heavy atom. The molecular formula is C13H28N2. The fourth-order valence-corrected chi connectivity index (χ4v) is 1.69. The lowest BCUT2D eigenvalue weighted by Crippen LogP contribution is -2.37. The van der Waals surface area contributed by atoms with Crippen LogP contribution in [-0.4, -0.2) is 36.6 Å². The molecule has 2 heteroatoms. The van der Waals surface area contributed by atoms with Crippen LogP contribution in [0.4, 0.5) is 0 Å². The second kappa shape index (κ2) is 7.89. The SMILES string of the molecule is C=C(C)CN(CC)C(C)CCNC(C)C. The van der Waals surface area contributed by atoms with E-state index in [1.807, 2.05) is 0 Å². The Balaban J connectivity index is 3.82. The Morgan fingerprint density at radius 2 is 1.93 bits per heavy atom. The van der Waals surface area contributed by atoms with E-state index in [2.05, 4.69) is 51.4 Å². The van der Waals surface area contributed by atoms with Crippen LogP contribution in [0.3, 0.4) is 0 Å². The lowest BCUT2D eigenvalue weighted by molar-refractivity contribution is 0.225. The topological polar surface area (TPSA) is 15.3 Å². The van der Waals surface area contributed by atoms with Crippen LogP contribution in [0, 0.1) is 0 Å². The fraction of sp³-hybridized carbons (Fsp3) is 0.846. The van der Waals surface area contributed by atoms with Crippen molar-refractivity contribution in [1.82, 2.24) is 10.2 Å². The van der Waals surface area contributed by atoms with Crippen molar-refractivity contribution in [3.8, 4) is 0 Å². The summed E-state index contributed by atoms with van der Waals surface area (Å²) in [7, 11) is 0. The Morgan fingerprint density at radius 3 is 2.33 bits per heavy atom. The zero-order valence-corrected chi connectivity index (χ0v) is 11.1. The van der Waals surface area contributed by atoms with Crippen LogP contribution < -0.4 is 5.32 Å². The number of rotatable bonds is 8. The lowest BCUT2D eigenvalue weighted by Gasteiger charge is -2.28. The third-order valence-corrected chi connectivity index (χ3v) is 2.62. The minimum Gasteiger partial charge on any atom is -0.314 e. The maximum absolute atomic E-state index is 3.98. The van der Waals surface area contributed by atoms with E-state index in [0.717, 1.165) is 19.6 Å². The van der Waals surface area contributed by atoms with Crippen molar-refractivity contribution in [2.45, 2.75) is 53.1 Å². The summed E-state index contributed by atoms with van der Waals surface area (Å²) >= 11 is 0. The molecule has 0 bridgehead atoms. The van der Waals surface area contributed by atoms with E-state index < -0.39 is 0 Å². The first kappa shape index (κ1) is 14.7. The molecule has 0 aromatic carbocycles. The molecule has 90 valence electrons. The van der Waals surface area contributed by atoms with Crippen molar-refractivity contribution < 1.29 is 0 Å². The molecule has 0 aliphatic heterocycles. The highest BCUT2D eigenvalue weighted by molar-refractivity contribution is 4.92. The standard InChI is InChI=1S/C13H28N2/c1-7-15(10-11(2)3)13(6)8-9-14-12(4)5/h12-14H,2,7-10H2,1,3-6H3. The molecule has 0 fully saturated rings. The normalized spacial score (nSPS) is 13.5. The Bertz CT molecular complexity index is 175. The van der Waals surface area contributed by atoms with E-state index in [9.17, 15) is 0 Å². The van der Waals surface area contributed by atoms with Gasteiger partial charge in [0.15, 0.2) is 0 Å². The minimum absolute atomic E-state index is 0.591. The van der Waals surface area contributed by atoms with Crippen molar-refractivity contribution in [3.63, 3.8) is 0 Å². The van der Waals surface area contributed by atoms with Crippen molar-refractivity contribution in [2.75, 3.05) is 19.6 Å². The van der Waals surface area contributed by atoms with Gasteiger partial charge in [0.1, 0.15) is 0 Å². The monoisotopic (exact) mass is 212 g/mol. The molecule has 1 unspecified atom stereocenters. The number of nitrogens with zero attached hydrogens (tertiary/aromatic N) is 1. The summed E-state index contributed by atoms with van der Waals surface area (Å²) in [6.45, 7) is 18.2. The highest BCUT2D eigenvalue weighted by atomic mass is 15.1. The highest BCUT2D eigenvalue weighted by Crippen LogP contribution is 2.05. The average molecular weight is 212 g/mol. The van der Waals surface area contributed by atoms with E-state index in [-0.39, 0.29) is 0 Å². The molecule has 0 aliphatic rings. The summed E-state index contributed by atoms with van der Waals surface area (Å²) in [5.74, 6) is 0.